The van der Waals surface area contributed by atoms with Crippen molar-refractivity contribution < 1.29 is 28.0 Å². The highest BCUT2D eigenvalue weighted by Crippen LogP contribution is 2.22. The second-order valence-corrected chi connectivity index (χ2v) is 11.0. The quantitative estimate of drug-likeness (QED) is 0.175. The molecule has 3 aromatic rings. The van der Waals surface area contributed by atoms with Gasteiger partial charge in [0.15, 0.2) is 9.84 Å². The molecule has 1 heterocycles. The molecule has 2 N–H and O–H groups in total. The predicted octanol–water partition coefficient (Wildman–Crippen LogP) is 3.43. The molecule has 1 atom stereocenters. The third-order valence-corrected chi connectivity index (χ3v) is 7.58. The van der Waals surface area contributed by atoms with Gasteiger partial charge in [-0.1, -0.05) is 55.4 Å². The van der Waals surface area contributed by atoms with E-state index in [-0.39, 0.29) is 35.9 Å². The third-order valence-electron chi connectivity index (χ3n) is 5.87. The molecule has 0 saturated heterocycles. The van der Waals surface area contributed by atoms with Gasteiger partial charge in [0.1, 0.15) is 11.8 Å². The molecule has 192 valence electrons. The zero-order chi connectivity index (χ0) is 26.3. The summed E-state index contributed by atoms with van der Waals surface area (Å²) in [5, 5.41) is 13.6. The van der Waals surface area contributed by atoms with Gasteiger partial charge in [0.2, 0.25) is 0 Å². The lowest BCUT2D eigenvalue weighted by Crippen LogP contribution is -2.51. The maximum absolute atomic E-state index is 13.5. The average molecular weight is 514 g/mol. The van der Waals surface area contributed by atoms with E-state index in [0.717, 1.165) is 21.4 Å². The third kappa shape index (κ3) is 6.31. The van der Waals surface area contributed by atoms with Crippen LogP contribution >= 0.6 is 0 Å². The number of rotatable bonds is 11. The number of aromatic amines is 1. The lowest BCUT2D eigenvalue weighted by atomic mass is 10.0. The number of para-hydroxylation sites is 1. The Bertz CT molecular complexity index is 1330. The number of nitrogens with zero attached hydrogens (tertiary/aromatic N) is 2. The van der Waals surface area contributed by atoms with Gasteiger partial charge in [0.05, 0.1) is 17.8 Å². The van der Waals surface area contributed by atoms with Crippen molar-refractivity contribution in [3.8, 4) is 0 Å². The molecule has 0 aliphatic heterocycles. The molecule has 0 aliphatic rings. The van der Waals surface area contributed by atoms with Crippen LogP contribution in [0.4, 0.5) is 0 Å². The fraction of sp³-hybridized carbons (Fsp3) is 0.346. The smallest absolute Gasteiger partial charge is 0.328 e. The number of ether oxygens (including phenoxy) is 1. The van der Waals surface area contributed by atoms with Crippen molar-refractivity contribution in [1.29, 1.82) is 0 Å². The topological polar surface area (TPSA) is 129 Å². The van der Waals surface area contributed by atoms with E-state index in [9.17, 15) is 23.2 Å². The Balaban J connectivity index is 2.00. The van der Waals surface area contributed by atoms with Crippen molar-refractivity contribution in [2.45, 2.75) is 37.6 Å². The van der Waals surface area contributed by atoms with Gasteiger partial charge in [0.25, 0.3) is 5.91 Å². The zero-order valence-electron chi connectivity index (χ0n) is 20.5. The monoisotopic (exact) mass is 513 g/mol. The van der Waals surface area contributed by atoms with Gasteiger partial charge in [0, 0.05) is 36.5 Å². The number of nitrogens with one attached hydrogen (secondary N) is 1. The number of esters is 1. The van der Waals surface area contributed by atoms with E-state index >= 15 is 0 Å². The first-order chi connectivity index (χ1) is 17.2. The molecule has 0 spiro atoms. The summed E-state index contributed by atoms with van der Waals surface area (Å²) >= 11 is 0. The van der Waals surface area contributed by atoms with Gasteiger partial charge in [-0.3, -0.25) is 4.79 Å². The van der Waals surface area contributed by atoms with Crippen LogP contribution in [0, 0.1) is 5.92 Å². The molecule has 10 heteroatoms. The fourth-order valence-electron chi connectivity index (χ4n) is 4.05. The van der Waals surface area contributed by atoms with Crippen LogP contribution < -0.4 is 0 Å². The van der Waals surface area contributed by atoms with Crippen LogP contribution in [0.5, 0.6) is 0 Å². The van der Waals surface area contributed by atoms with Crippen LogP contribution in [0.1, 0.15) is 25.8 Å². The molecule has 1 unspecified atom stereocenters. The number of fused-ring (bicyclic) bond motifs is 1. The summed E-state index contributed by atoms with van der Waals surface area (Å²) in [4.78, 5) is 30.9. The second kappa shape index (κ2) is 11.9. The van der Waals surface area contributed by atoms with Gasteiger partial charge in [-0.15, -0.1) is 0 Å². The fourth-order valence-corrected chi connectivity index (χ4v) is 5.30. The molecular formula is C26H31N3O6S. The highest BCUT2D eigenvalue weighted by molar-refractivity contribution is 7.91. The van der Waals surface area contributed by atoms with E-state index in [4.69, 9.17) is 4.74 Å². The van der Waals surface area contributed by atoms with Crippen molar-refractivity contribution in [2.75, 3.05) is 19.4 Å². The highest BCUT2D eigenvalue weighted by Gasteiger charge is 2.35. The van der Waals surface area contributed by atoms with Crippen molar-refractivity contribution in [3.63, 3.8) is 0 Å². The minimum atomic E-state index is -3.76. The number of H-pyrrole nitrogens is 1. The van der Waals surface area contributed by atoms with Gasteiger partial charge in [-0.05, 0) is 29.7 Å². The van der Waals surface area contributed by atoms with E-state index < -0.39 is 33.5 Å². The van der Waals surface area contributed by atoms with Gasteiger partial charge < -0.3 is 19.8 Å². The van der Waals surface area contributed by atoms with Crippen molar-refractivity contribution in [2.24, 2.45) is 11.1 Å². The van der Waals surface area contributed by atoms with Crippen molar-refractivity contribution in [3.05, 3.63) is 66.4 Å². The molecule has 0 saturated carbocycles. The van der Waals surface area contributed by atoms with Crippen LogP contribution in [-0.2, 0) is 30.6 Å². The summed E-state index contributed by atoms with van der Waals surface area (Å²) in [6, 6.07) is 14.3. The van der Waals surface area contributed by atoms with Gasteiger partial charge in [-0.2, -0.15) is 0 Å². The van der Waals surface area contributed by atoms with Crippen LogP contribution in [0.15, 0.2) is 70.8 Å². The van der Waals surface area contributed by atoms with Crippen LogP contribution in [0.3, 0.4) is 0 Å². The number of amides is 1. The summed E-state index contributed by atoms with van der Waals surface area (Å²) in [6.45, 7) is 3.41. The summed E-state index contributed by atoms with van der Waals surface area (Å²) < 4.78 is 31.0. The number of sulfone groups is 1. The Hall–Kier alpha value is -3.66. The average Bonchev–Trinajstić information content (AvgIpc) is 3.29. The maximum atomic E-state index is 13.5. The zero-order valence-corrected chi connectivity index (χ0v) is 21.4. The minimum Gasteiger partial charge on any atom is -0.467 e. The number of carbonyl (C=O) groups excluding carboxylic acids is 2. The number of benzene rings is 2. The van der Waals surface area contributed by atoms with E-state index in [1.54, 1.807) is 24.4 Å². The number of carbonyl (C=O) groups is 2. The number of hydrogen-bond donors (Lipinski definition) is 2. The van der Waals surface area contributed by atoms with Crippen LogP contribution in [0.2, 0.25) is 0 Å². The number of methoxy groups -OCH3 is 1. The van der Waals surface area contributed by atoms with E-state index in [1.807, 2.05) is 38.1 Å². The first kappa shape index (κ1) is 26.9. The molecular weight excluding hydrogens is 482 g/mol. The summed E-state index contributed by atoms with van der Waals surface area (Å²) in [6.07, 6.45) is 1.98. The summed E-state index contributed by atoms with van der Waals surface area (Å²) in [5.41, 5.74) is 1.46. The van der Waals surface area contributed by atoms with E-state index in [1.165, 1.54) is 19.2 Å². The van der Waals surface area contributed by atoms with Gasteiger partial charge in [-0.25, -0.2) is 13.2 Å². The predicted molar refractivity (Wildman–Crippen MR) is 137 cm³/mol. The summed E-state index contributed by atoms with van der Waals surface area (Å²) in [7, 11) is -2.55. The Kier molecular flexibility index (Phi) is 8.87. The largest absolute Gasteiger partial charge is 0.467 e. The Morgan fingerprint density at radius 3 is 2.39 bits per heavy atom. The van der Waals surface area contributed by atoms with Crippen LogP contribution in [-0.4, -0.2) is 66.5 Å². The number of hydrogen-bond acceptors (Lipinski definition) is 7. The molecule has 0 bridgehead atoms. The van der Waals surface area contributed by atoms with Crippen molar-refractivity contribution in [1.82, 2.24) is 9.88 Å². The molecule has 2 aromatic carbocycles. The van der Waals surface area contributed by atoms with E-state index in [0.29, 0.717) is 0 Å². The van der Waals surface area contributed by atoms with Gasteiger partial charge >= 0.3 is 5.97 Å². The SMILES string of the molecule is COC(=O)C(Cc1c[nH]c2ccccc12)N(CCS(=O)(=O)c1ccccc1)C(=O)C(CC(C)C)=NO. The van der Waals surface area contributed by atoms with Crippen molar-refractivity contribution >= 4 is 38.3 Å². The number of aromatic nitrogens is 1. The van der Waals surface area contributed by atoms with Crippen LogP contribution in [0.25, 0.3) is 10.9 Å². The molecule has 1 amide bonds. The minimum absolute atomic E-state index is 0.0139. The first-order valence-corrected chi connectivity index (χ1v) is 13.3. The molecule has 0 aliphatic carbocycles. The Morgan fingerprint density at radius 1 is 1.08 bits per heavy atom. The first-order valence-electron chi connectivity index (χ1n) is 11.6. The Morgan fingerprint density at radius 2 is 1.75 bits per heavy atom. The standard InChI is InChI=1S/C26H31N3O6S/c1-18(2)15-23(28-32)25(30)29(13-14-36(33,34)20-9-5-4-6-10-20)24(26(31)35-3)16-19-17-27-22-12-8-7-11-21(19)22/h4-12,17-18,24,27,32H,13-16H2,1-3H3. The second-order valence-electron chi connectivity index (χ2n) is 8.88. The molecule has 0 radical (unpaired) electrons. The molecule has 3 rings (SSSR count). The molecule has 9 nitrogen and oxygen atoms in total. The number of oxime groups is 1. The molecule has 1 aromatic heterocycles. The molecule has 0 fully saturated rings. The highest BCUT2D eigenvalue weighted by atomic mass is 32.2. The molecule has 36 heavy (non-hydrogen) atoms. The maximum Gasteiger partial charge on any atom is 0.328 e. The summed E-state index contributed by atoms with van der Waals surface area (Å²) in [5.74, 6) is -1.86. The van der Waals surface area contributed by atoms with E-state index in [2.05, 4.69) is 10.1 Å². The lowest BCUT2D eigenvalue weighted by Gasteiger charge is -2.30. The normalized spacial score (nSPS) is 13.1. The lowest BCUT2D eigenvalue weighted by molar-refractivity contribution is -0.150. The Labute approximate surface area is 210 Å².